The summed E-state index contributed by atoms with van der Waals surface area (Å²) in [6.45, 7) is -0.165. The number of H-pyrrole nitrogens is 1. The lowest BCUT2D eigenvalue weighted by Gasteiger charge is -2.06. The van der Waals surface area contributed by atoms with Crippen molar-refractivity contribution in [2.24, 2.45) is 0 Å². The minimum absolute atomic E-state index is 0.122. The van der Waals surface area contributed by atoms with E-state index in [4.69, 9.17) is 11.6 Å². The molecule has 0 saturated heterocycles. The molecule has 3 N–H and O–H groups in total. The molecule has 8 heteroatoms. The van der Waals surface area contributed by atoms with Crippen LogP contribution in [0.2, 0.25) is 5.02 Å². The second-order valence-electron chi connectivity index (χ2n) is 4.91. The lowest BCUT2D eigenvalue weighted by molar-refractivity contribution is -0.141. The summed E-state index contributed by atoms with van der Waals surface area (Å²) >= 11 is 5.75. The van der Waals surface area contributed by atoms with Crippen molar-refractivity contribution in [3.63, 3.8) is 0 Å². The van der Waals surface area contributed by atoms with E-state index >= 15 is 0 Å². The third-order valence-corrected chi connectivity index (χ3v) is 3.34. The second-order valence-corrected chi connectivity index (χ2v) is 5.35. The van der Waals surface area contributed by atoms with Crippen molar-refractivity contribution in [1.82, 2.24) is 10.3 Å². The van der Waals surface area contributed by atoms with Gasteiger partial charge in [0.05, 0.1) is 18.6 Å². The predicted octanol–water partition coefficient (Wildman–Crippen LogP) is 1.75. The molecule has 0 saturated carbocycles. The molecule has 0 atom stereocenters. The number of aromatic nitrogens is 1. The van der Waals surface area contributed by atoms with Gasteiger partial charge < -0.3 is 20.4 Å². The van der Waals surface area contributed by atoms with Gasteiger partial charge in [-0.15, -0.1) is 0 Å². The Morgan fingerprint density at radius 1 is 1.21 bits per heavy atom. The van der Waals surface area contributed by atoms with Crippen LogP contribution in [0.15, 0.2) is 36.5 Å². The lowest BCUT2D eigenvalue weighted by atomic mass is 10.1. The predicted molar refractivity (Wildman–Crippen MR) is 88.9 cm³/mol. The number of carbonyl (C=O) groups is 3. The number of benzene rings is 1. The number of rotatable bonds is 6. The summed E-state index contributed by atoms with van der Waals surface area (Å²) in [5.74, 6) is -1.12. The number of aromatic amines is 1. The van der Waals surface area contributed by atoms with Crippen molar-refractivity contribution >= 4 is 35.1 Å². The standard InChI is InChI=1S/C16H16ClN3O4/c1-24-15(22)9-19-14(21)6-10-2-4-12(5-3-10)20-16(23)13-7-11(17)8-18-13/h2-5,7-8,18H,6,9H2,1H3,(H,19,21)(H,20,23). The molecule has 2 rings (SSSR count). The number of nitrogens with one attached hydrogen (secondary N) is 3. The fourth-order valence-corrected chi connectivity index (χ4v) is 2.06. The van der Waals surface area contributed by atoms with Crippen LogP contribution in [0, 0.1) is 0 Å². The van der Waals surface area contributed by atoms with Gasteiger partial charge in [-0.25, -0.2) is 0 Å². The summed E-state index contributed by atoms with van der Waals surface area (Å²) in [5, 5.41) is 5.61. The molecule has 2 aromatic rings. The van der Waals surface area contributed by atoms with Crippen LogP contribution in [-0.4, -0.2) is 36.4 Å². The van der Waals surface area contributed by atoms with Crippen LogP contribution in [0.1, 0.15) is 16.1 Å². The first-order valence-corrected chi connectivity index (χ1v) is 7.43. The molecule has 0 aliphatic rings. The van der Waals surface area contributed by atoms with E-state index in [0.29, 0.717) is 16.4 Å². The average Bonchev–Trinajstić information content (AvgIpc) is 3.01. The van der Waals surface area contributed by atoms with Gasteiger partial charge in [0.25, 0.3) is 5.91 Å². The quantitative estimate of drug-likeness (QED) is 0.692. The van der Waals surface area contributed by atoms with Gasteiger partial charge in [0.2, 0.25) is 5.91 Å². The highest BCUT2D eigenvalue weighted by molar-refractivity contribution is 6.31. The largest absolute Gasteiger partial charge is 0.468 e. The molecule has 0 bridgehead atoms. The highest BCUT2D eigenvalue weighted by Crippen LogP contribution is 2.14. The Bertz CT molecular complexity index is 740. The molecule has 7 nitrogen and oxygen atoms in total. The molecule has 24 heavy (non-hydrogen) atoms. The van der Waals surface area contributed by atoms with Crippen molar-refractivity contribution in [3.8, 4) is 0 Å². The molecule has 0 spiro atoms. The van der Waals surface area contributed by atoms with Gasteiger partial charge in [0.1, 0.15) is 12.2 Å². The summed E-state index contributed by atoms with van der Waals surface area (Å²) in [6.07, 6.45) is 1.64. The molecule has 2 amide bonds. The average molecular weight is 350 g/mol. The van der Waals surface area contributed by atoms with Gasteiger partial charge in [-0.2, -0.15) is 0 Å². The van der Waals surface area contributed by atoms with Gasteiger partial charge in [-0.05, 0) is 23.8 Å². The van der Waals surface area contributed by atoms with Gasteiger partial charge in [0, 0.05) is 11.9 Å². The van der Waals surface area contributed by atoms with Gasteiger partial charge in [-0.3, -0.25) is 14.4 Å². The fourth-order valence-electron chi connectivity index (χ4n) is 1.89. The zero-order valence-electron chi connectivity index (χ0n) is 12.9. The zero-order valence-corrected chi connectivity index (χ0v) is 13.6. The van der Waals surface area contributed by atoms with E-state index in [9.17, 15) is 14.4 Å². The number of carbonyl (C=O) groups excluding carboxylic acids is 3. The molecular weight excluding hydrogens is 334 g/mol. The number of anilines is 1. The van der Waals surface area contributed by atoms with Crippen LogP contribution in [-0.2, 0) is 20.7 Å². The smallest absolute Gasteiger partial charge is 0.325 e. The maximum Gasteiger partial charge on any atom is 0.325 e. The second kappa shape index (κ2) is 8.16. The molecular formula is C16H16ClN3O4. The molecule has 1 aromatic carbocycles. The molecule has 0 aliphatic carbocycles. The fraction of sp³-hybridized carbons (Fsp3) is 0.188. The third-order valence-electron chi connectivity index (χ3n) is 3.13. The molecule has 126 valence electrons. The van der Waals surface area contributed by atoms with E-state index in [1.54, 1.807) is 24.3 Å². The lowest BCUT2D eigenvalue weighted by Crippen LogP contribution is -2.31. The summed E-state index contributed by atoms with van der Waals surface area (Å²) in [7, 11) is 1.25. The van der Waals surface area contributed by atoms with Crippen LogP contribution >= 0.6 is 11.6 Å². The number of esters is 1. The number of ether oxygens (including phenoxy) is 1. The number of halogens is 1. The number of hydrogen-bond donors (Lipinski definition) is 3. The van der Waals surface area contributed by atoms with E-state index in [1.165, 1.54) is 19.4 Å². The first-order chi connectivity index (χ1) is 11.5. The minimum Gasteiger partial charge on any atom is -0.468 e. The number of amides is 2. The van der Waals surface area contributed by atoms with Gasteiger partial charge in [0.15, 0.2) is 0 Å². The summed E-state index contributed by atoms with van der Waals surface area (Å²) in [4.78, 5) is 37.3. The van der Waals surface area contributed by atoms with E-state index in [-0.39, 0.29) is 24.8 Å². The van der Waals surface area contributed by atoms with Gasteiger partial charge >= 0.3 is 5.97 Å². The van der Waals surface area contributed by atoms with Crippen molar-refractivity contribution < 1.29 is 19.1 Å². The summed E-state index contributed by atoms with van der Waals surface area (Å²) in [6, 6.07) is 8.33. The SMILES string of the molecule is COC(=O)CNC(=O)Cc1ccc(NC(=O)c2cc(Cl)c[nH]2)cc1. The Kier molecular flexibility index (Phi) is 5.97. The zero-order chi connectivity index (χ0) is 17.5. The van der Waals surface area contributed by atoms with E-state index in [0.717, 1.165) is 5.56 Å². The van der Waals surface area contributed by atoms with E-state index in [2.05, 4.69) is 20.4 Å². The Balaban J connectivity index is 1.87. The Morgan fingerprint density at radius 3 is 2.50 bits per heavy atom. The van der Waals surface area contributed by atoms with Crippen LogP contribution < -0.4 is 10.6 Å². The highest BCUT2D eigenvalue weighted by atomic mass is 35.5. The maximum atomic E-state index is 12.0. The topological polar surface area (TPSA) is 100 Å². The summed E-state index contributed by atoms with van der Waals surface area (Å²) in [5.41, 5.74) is 1.69. The van der Waals surface area contributed by atoms with Crippen molar-refractivity contribution in [1.29, 1.82) is 0 Å². The first-order valence-electron chi connectivity index (χ1n) is 7.05. The monoisotopic (exact) mass is 349 g/mol. The maximum absolute atomic E-state index is 12.0. The number of hydrogen-bond acceptors (Lipinski definition) is 4. The van der Waals surface area contributed by atoms with E-state index in [1.807, 2.05) is 0 Å². The van der Waals surface area contributed by atoms with Crippen LogP contribution in [0.4, 0.5) is 5.69 Å². The molecule has 0 unspecified atom stereocenters. The van der Waals surface area contributed by atoms with Gasteiger partial charge in [-0.1, -0.05) is 23.7 Å². The molecule has 0 aliphatic heterocycles. The Labute approximate surface area is 143 Å². The number of methoxy groups -OCH3 is 1. The van der Waals surface area contributed by atoms with E-state index < -0.39 is 5.97 Å². The molecule has 0 radical (unpaired) electrons. The van der Waals surface area contributed by atoms with Crippen molar-refractivity contribution in [2.45, 2.75) is 6.42 Å². The first kappa shape index (κ1) is 17.6. The molecule has 0 fully saturated rings. The minimum atomic E-state index is -0.508. The van der Waals surface area contributed by atoms with Crippen molar-refractivity contribution in [2.75, 3.05) is 19.0 Å². The highest BCUT2D eigenvalue weighted by Gasteiger charge is 2.09. The molecule has 1 aromatic heterocycles. The van der Waals surface area contributed by atoms with Crippen LogP contribution in [0.3, 0.4) is 0 Å². The van der Waals surface area contributed by atoms with Crippen molar-refractivity contribution in [3.05, 3.63) is 52.8 Å². The Morgan fingerprint density at radius 2 is 1.92 bits per heavy atom. The molecule has 1 heterocycles. The van der Waals surface area contributed by atoms with Crippen LogP contribution in [0.5, 0.6) is 0 Å². The Hall–Kier alpha value is -2.80. The third kappa shape index (κ3) is 5.13. The summed E-state index contributed by atoms with van der Waals surface area (Å²) < 4.78 is 4.44. The normalized spacial score (nSPS) is 10.1. The van der Waals surface area contributed by atoms with Crippen LogP contribution in [0.25, 0.3) is 0 Å².